The summed E-state index contributed by atoms with van der Waals surface area (Å²) < 4.78 is 68.3. The summed E-state index contributed by atoms with van der Waals surface area (Å²) in [5, 5.41) is 3.40. The van der Waals surface area contributed by atoms with E-state index in [0.717, 1.165) is 17.7 Å². The second kappa shape index (κ2) is 10.7. The number of halogens is 3. The highest BCUT2D eigenvalue weighted by Gasteiger charge is 2.30. The minimum atomic E-state index is -4.42. The van der Waals surface area contributed by atoms with E-state index >= 15 is 0 Å². The van der Waals surface area contributed by atoms with Gasteiger partial charge in [-0.2, -0.15) is 18.2 Å². The number of fused-ring (bicyclic) bond motifs is 1. The lowest BCUT2D eigenvalue weighted by Crippen LogP contribution is -2.22. The van der Waals surface area contributed by atoms with E-state index < -0.39 is 21.6 Å². The summed E-state index contributed by atoms with van der Waals surface area (Å²) in [6.45, 7) is 5.20. The van der Waals surface area contributed by atoms with Gasteiger partial charge in [0.1, 0.15) is 17.3 Å². The zero-order chi connectivity index (χ0) is 27.7. The van der Waals surface area contributed by atoms with Crippen molar-refractivity contribution in [1.82, 2.24) is 15.3 Å². The number of benzene rings is 2. The zero-order valence-corrected chi connectivity index (χ0v) is 22.4. The summed E-state index contributed by atoms with van der Waals surface area (Å²) in [5.41, 5.74) is 1.15. The lowest BCUT2D eigenvalue weighted by Gasteiger charge is -2.10. The van der Waals surface area contributed by atoms with E-state index in [1.54, 1.807) is 32.9 Å². The molecule has 2 aromatic carbocycles. The third-order valence-corrected chi connectivity index (χ3v) is 8.78. The predicted octanol–water partition coefficient (Wildman–Crippen LogP) is 5.63. The van der Waals surface area contributed by atoms with Gasteiger partial charge in [0.25, 0.3) is 5.91 Å². The van der Waals surface area contributed by atoms with Gasteiger partial charge in [-0.3, -0.25) is 4.79 Å². The largest absolute Gasteiger partial charge is 0.472 e. The molecule has 0 fully saturated rings. The van der Waals surface area contributed by atoms with Gasteiger partial charge in [0.15, 0.2) is 9.84 Å². The molecule has 0 saturated heterocycles. The fourth-order valence-electron chi connectivity index (χ4n) is 3.71. The van der Waals surface area contributed by atoms with Crippen molar-refractivity contribution in [3.8, 4) is 5.88 Å². The topological polar surface area (TPSA) is 98.2 Å². The van der Waals surface area contributed by atoms with Crippen LogP contribution in [0.25, 0.3) is 10.2 Å². The highest BCUT2D eigenvalue weighted by atomic mass is 32.2. The Morgan fingerprint density at radius 1 is 1.00 bits per heavy atom. The van der Waals surface area contributed by atoms with Crippen molar-refractivity contribution in [2.75, 3.05) is 5.75 Å². The summed E-state index contributed by atoms with van der Waals surface area (Å²) in [5.74, 6) is 0.345. The number of aromatic nitrogens is 2. The molecule has 12 heteroatoms. The molecule has 0 unspecified atom stereocenters. The Kier molecular flexibility index (Phi) is 7.75. The van der Waals surface area contributed by atoms with E-state index in [1.165, 1.54) is 35.6 Å². The molecule has 0 bridgehead atoms. The van der Waals surface area contributed by atoms with Crippen LogP contribution in [0.4, 0.5) is 13.2 Å². The van der Waals surface area contributed by atoms with Crippen LogP contribution in [0.15, 0.2) is 53.4 Å². The van der Waals surface area contributed by atoms with Crippen LogP contribution in [0.1, 0.15) is 44.7 Å². The highest BCUT2D eigenvalue weighted by Crippen LogP contribution is 2.35. The quantitative estimate of drug-likeness (QED) is 0.298. The number of carbonyl (C=O) groups excluding carboxylic acids is 1. The second-order valence-electron chi connectivity index (χ2n) is 8.53. The Hall–Kier alpha value is -3.51. The molecule has 0 aliphatic carbocycles. The third-order valence-electron chi connectivity index (χ3n) is 5.85. The maximum absolute atomic E-state index is 13.0. The third kappa shape index (κ3) is 5.97. The molecular weight excluding hydrogens is 539 g/mol. The standard InChI is InChI=1S/C26H24F3N3O4S2/c1-4-38(34,35)20-11-7-17(8-12-20)13-30-23(33)22-15(2)21-24(31-16(3)32-25(21)37-22)36-14-18-5-9-19(10-6-18)26(27,28)29/h5-12H,4,13-14H2,1-3H3,(H,30,33). The van der Waals surface area contributed by atoms with Crippen molar-refractivity contribution in [2.24, 2.45) is 0 Å². The monoisotopic (exact) mass is 563 g/mol. The molecule has 38 heavy (non-hydrogen) atoms. The number of alkyl halides is 3. The van der Waals surface area contributed by atoms with Crippen LogP contribution in [0, 0.1) is 13.8 Å². The molecule has 4 aromatic rings. The summed E-state index contributed by atoms with van der Waals surface area (Å²) in [4.78, 5) is 23.0. The van der Waals surface area contributed by atoms with E-state index in [2.05, 4.69) is 15.3 Å². The number of nitrogens with zero attached hydrogens (tertiary/aromatic N) is 2. The van der Waals surface area contributed by atoms with Crippen LogP contribution >= 0.6 is 11.3 Å². The Morgan fingerprint density at radius 3 is 2.24 bits per heavy atom. The Bertz CT molecular complexity index is 1580. The lowest BCUT2D eigenvalue weighted by molar-refractivity contribution is -0.137. The van der Waals surface area contributed by atoms with Crippen LogP contribution in [-0.2, 0) is 29.2 Å². The molecule has 0 aliphatic heterocycles. The van der Waals surface area contributed by atoms with E-state index in [0.29, 0.717) is 32.0 Å². The molecule has 0 atom stereocenters. The molecule has 0 spiro atoms. The van der Waals surface area contributed by atoms with Crippen molar-refractivity contribution in [1.29, 1.82) is 0 Å². The van der Waals surface area contributed by atoms with E-state index in [9.17, 15) is 26.4 Å². The zero-order valence-electron chi connectivity index (χ0n) is 20.7. The molecule has 1 amide bonds. The lowest BCUT2D eigenvalue weighted by atomic mass is 10.1. The van der Waals surface area contributed by atoms with E-state index in [1.807, 2.05) is 0 Å². The van der Waals surface area contributed by atoms with Crippen molar-refractivity contribution in [3.05, 3.63) is 81.5 Å². The highest BCUT2D eigenvalue weighted by molar-refractivity contribution is 7.91. The van der Waals surface area contributed by atoms with E-state index in [4.69, 9.17) is 4.74 Å². The first-order valence-corrected chi connectivity index (χ1v) is 14.0. The number of carbonyl (C=O) groups is 1. The predicted molar refractivity (Wildman–Crippen MR) is 138 cm³/mol. The van der Waals surface area contributed by atoms with Gasteiger partial charge in [-0.05, 0) is 54.8 Å². The van der Waals surface area contributed by atoms with Gasteiger partial charge in [-0.1, -0.05) is 31.2 Å². The normalized spacial score (nSPS) is 12.1. The number of hydrogen-bond donors (Lipinski definition) is 1. The summed E-state index contributed by atoms with van der Waals surface area (Å²) >= 11 is 1.18. The van der Waals surface area contributed by atoms with Gasteiger partial charge in [0, 0.05) is 6.54 Å². The van der Waals surface area contributed by atoms with Crippen molar-refractivity contribution in [2.45, 2.75) is 45.0 Å². The maximum Gasteiger partial charge on any atom is 0.416 e. The Balaban J connectivity index is 1.50. The van der Waals surface area contributed by atoms with Crippen molar-refractivity contribution >= 4 is 37.3 Å². The number of sulfone groups is 1. The van der Waals surface area contributed by atoms with Gasteiger partial charge in [0.05, 0.1) is 26.5 Å². The molecule has 200 valence electrons. The fourth-order valence-corrected chi connectivity index (χ4v) is 5.73. The number of rotatable bonds is 8. The molecule has 1 N–H and O–H groups in total. The Labute approximate surface area is 221 Å². The number of ether oxygens (including phenoxy) is 1. The average molecular weight is 564 g/mol. The van der Waals surface area contributed by atoms with Crippen LogP contribution in [0.5, 0.6) is 5.88 Å². The maximum atomic E-state index is 13.0. The SMILES string of the molecule is CCS(=O)(=O)c1ccc(CNC(=O)c2sc3nc(C)nc(OCc4ccc(C(F)(F)F)cc4)c3c2C)cc1. The van der Waals surface area contributed by atoms with Crippen molar-refractivity contribution < 1.29 is 31.1 Å². The van der Waals surface area contributed by atoms with Crippen LogP contribution in [0.2, 0.25) is 0 Å². The number of amides is 1. The number of hydrogen-bond acceptors (Lipinski definition) is 7. The Morgan fingerprint density at radius 2 is 1.63 bits per heavy atom. The van der Waals surface area contributed by atoms with Gasteiger partial charge < -0.3 is 10.1 Å². The van der Waals surface area contributed by atoms with Crippen LogP contribution < -0.4 is 10.1 Å². The molecule has 0 aliphatic rings. The molecule has 0 saturated carbocycles. The molecule has 7 nitrogen and oxygen atoms in total. The number of thiophene rings is 1. The minimum absolute atomic E-state index is 0.00665. The van der Waals surface area contributed by atoms with Gasteiger partial charge >= 0.3 is 6.18 Å². The average Bonchev–Trinajstić information content (AvgIpc) is 3.21. The van der Waals surface area contributed by atoms with Crippen LogP contribution in [-0.4, -0.2) is 30.0 Å². The molecule has 0 radical (unpaired) electrons. The second-order valence-corrected chi connectivity index (χ2v) is 11.8. The first-order chi connectivity index (χ1) is 17.9. The smallest absolute Gasteiger partial charge is 0.416 e. The number of nitrogens with one attached hydrogen (secondary N) is 1. The van der Waals surface area contributed by atoms with Crippen LogP contribution in [0.3, 0.4) is 0 Å². The summed E-state index contributed by atoms with van der Waals surface area (Å²) in [6.07, 6.45) is -4.42. The first-order valence-electron chi connectivity index (χ1n) is 11.6. The van der Waals surface area contributed by atoms with E-state index in [-0.39, 0.29) is 35.6 Å². The summed E-state index contributed by atoms with van der Waals surface area (Å²) in [7, 11) is -3.30. The summed E-state index contributed by atoms with van der Waals surface area (Å²) in [6, 6.07) is 11.0. The fraction of sp³-hybridized carbons (Fsp3) is 0.269. The van der Waals surface area contributed by atoms with Gasteiger partial charge in [0.2, 0.25) is 5.88 Å². The minimum Gasteiger partial charge on any atom is -0.472 e. The van der Waals surface area contributed by atoms with Gasteiger partial charge in [-0.25, -0.2) is 13.4 Å². The first kappa shape index (κ1) is 27.5. The molecule has 2 heterocycles. The van der Waals surface area contributed by atoms with Gasteiger partial charge in [-0.15, -0.1) is 11.3 Å². The number of aryl methyl sites for hydroxylation is 2. The molecular formula is C26H24F3N3O4S2. The van der Waals surface area contributed by atoms with Crippen molar-refractivity contribution in [3.63, 3.8) is 0 Å². The molecule has 2 aromatic heterocycles. The molecule has 4 rings (SSSR count).